The normalized spacial score (nSPS) is 12.2. The first-order chi connectivity index (χ1) is 18.8. The smallest absolute Gasteiger partial charge is 0.497 e. The number of amides is 1. The maximum absolute atomic E-state index is 13.3. The van der Waals surface area contributed by atoms with Crippen LogP contribution in [-0.2, 0) is 16.1 Å². The molecule has 40 heavy (non-hydrogen) atoms. The van der Waals surface area contributed by atoms with E-state index in [0.29, 0.717) is 23.1 Å². The van der Waals surface area contributed by atoms with E-state index in [1.54, 1.807) is 18.2 Å². The Morgan fingerprint density at radius 1 is 0.975 bits per heavy atom. The van der Waals surface area contributed by atoms with Crippen molar-refractivity contribution < 1.29 is 47.2 Å². The molecule has 3 aromatic rings. The lowest BCUT2D eigenvalue weighted by molar-refractivity contribution is -0.274. The summed E-state index contributed by atoms with van der Waals surface area (Å²) in [6.45, 7) is -0.178. The van der Waals surface area contributed by atoms with E-state index in [1.165, 1.54) is 44.6 Å². The minimum Gasteiger partial charge on any atom is -0.497 e. The molecule has 1 unspecified atom stereocenters. The van der Waals surface area contributed by atoms with Crippen LogP contribution in [0.25, 0.3) is 0 Å². The number of anilines is 1. The number of aliphatic carboxylic acids is 1. The van der Waals surface area contributed by atoms with Gasteiger partial charge in [0.1, 0.15) is 23.4 Å². The lowest BCUT2D eigenvalue weighted by atomic mass is 9.98. The van der Waals surface area contributed by atoms with Crippen LogP contribution in [0.15, 0.2) is 66.7 Å². The largest absolute Gasteiger partial charge is 0.573 e. The van der Waals surface area contributed by atoms with Crippen LogP contribution < -0.4 is 19.1 Å². The van der Waals surface area contributed by atoms with Crippen molar-refractivity contribution >= 4 is 40.8 Å². The highest BCUT2D eigenvalue weighted by Crippen LogP contribution is 2.41. The Morgan fingerprint density at radius 3 is 2.33 bits per heavy atom. The number of nitrogens with zero attached hydrogens (tertiary/aromatic N) is 1. The number of carboxylic acids is 1. The number of halogens is 5. The molecule has 13 heteroatoms. The van der Waals surface area contributed by atoms with E-state index in [0.717, 1.165) is 17.0 Å². The van der Waals surface area contributed by atoms with Gasteiger partial charge < -0.3 is 29.3 Å². The Hall–Kier alpha value is -3.93. The van der Waals surface area contributed by atoms with Gasteiger partial charge >= 0.3 is 12.3 Å². The first kappa shape index (κ1) is 30.6. The lowest BCUT2D eigenvalue weighted by Gasteiger charge is -2.27. The fourth-order valence-electron chi connectivity index (χ4n) is 3.77. The molecule has 0 aromatic heterocycles. The first-order valence-corrected chi connectivity index (χ1v) is 12.0. The molecule has 0 aliphatic carbocycles. The first-order valence-electron chi connectivity index (χ1n) is 11.3. The molecule has 8 nitrogen and oxygen atoms in total. The second kappa shape index (κ2) is 12.9. The predicted molar refractivity (Wildman–Crippen MR) is 141 cm³/mol. The second-order valence-corrected chi connectivity index (χ2v) is 8.90. The zero-order chi connectivity index (χ0) is 29.6. The van der Waals surface area contributed by atoms with E-state index in [2.05, 4.69) is 4.74 Å². The van der Waals surface area contributed by atoms with Crippen LogP contribution in [-0.4, -0.2) is 42.7 Å². The van der Waals surface area contributed by atoms with Crippen LogP contribution >= 0.6 is 23.2 Å². The molecule has 1 amide bonds. The van der Waals surface area contributed by atoms with E-state index in [9.17, 15) is 27.9 Å². The van der Waals surface area contributed by atoms with E-state index in [1.807, 2.05) is 0 Å². The van der Waals surface area contributed by atoms with Gasteiger partial charge in [-0.25, -0.2) is 4.79 Å². The van der Waals surface area contributed by atoms with Gasteiger partial charge in [0.15, 0.2) is 0 Å². The predicted octanol–water partition coefficient (Wildman–Crippen LogP) is 6.16. The summed E-state index contributed by atoms with van der Waals surface area (Å²) in [5, 5.41) is 20.0. The van der Waals surface area contributed by atoms with Gasteiger partial charge in [-0.15, -0.1) is 13.2 Å². The van der Waals surface area contributed by atoms with E-state index < -0.39 is 35.1 Å². The van der Waals surface area contributed by atoms with Gasteiger partial charge in [-0.3, -0.25) is 4.79 Å². The molecule has 0 radical (unpaired) electrons. The van der Waals surface area contributed by atoms with Crippen LogP contribution in [0.3, 0.4) is 0 Å². The van der Waals surface area contributed by atoms with Crippen molar-refractivity contribution in [3.8, 4) is 17.2 Å². The number of hydrogen-bond donors (Lipinski definition) is 2. The number of alkyl halides is 3. The molecule has 3 aromatic carbocycles. The fraction of sp³-hybridized carbons (Fsp3) is 0.185. The molecule has 0 fully saturated rings. The third-order valence-electron chi connectivity index (χ3n) is 5.55. The van der Waals surface area contributed by atoms with Crippen molar-refractivity contribution in [3.05, 3.63) is 93.5 Å². The zero-order valence-corrected chi connectivity index (χ0v) is 22.4. The molecule has 1 atom stereocenters. The third-order valence-corrected chi connectivity index (χ3v) is 6.19. The van der Waals surface area contributed by atoms with Gasteiger partial charge in [0.2, 0.25) is 0 Å². The molecule has 0 aliphatic heterocycles. The van der Waals surface area contributed by atoms with Gasteiger partial charge in [-0.2, -0.15) is 0 Å². The van der Waals surface area contributed by atoms with Gasteiger partial charge in [-0.1, -0.05) is 35.3 Å². The zero-order valence-electron chi connectivity index (χ0n) is 20.9. The number of carbonyl (C=O) groups is 2. The minimum atomic E-state index is -5.04. The van der Waals surface area contributed by atoms with E-state index in [-0.39, 0.29) is 28.4 Å². The number of rotatable bonds is 10. The number of carboxylic acid groups (broad SMARTS) is 1. The number of hydrogen-bond acceptors (Lipinski definition) is 6. The van der Waals surface area contributed by atoms with Crippen molar-refractivity contribution in [3.63, 3.8) is 0 Å². The van der Waals surface area contributed by atoms with Gasteiger partial charge in [0.05, 0.1) is 31.5 Å². The molecule has 0 bridgehead atoms. The summed E-state index contributed by atoms with van der Waals surface area (Å²) < 4.78 is 53.2. The Morgan fingerprint density at radius 2 is 1.70 bits per heavy atom. The lowest BCUT2D eigenvalue weighted by Crippen LogP contribution is -2.30. The topological polar surface area (TPSA) is 106 Å². The summed E-state index contributed by atoms with van der Waals surface area (Å²) >= 11 is 12.4. The molecule has 2 N–H and O–H groups in total. The van der Waals surface area contributed by atoms with Gasteiger partial charge in [-0.05, 0) is 36.4 Å². The Kier molecular flexibility index (Phi) is 9.91. The van der Waals surface area contributed by atoms with Crippen molar-refractivity contribution in [2.24, 2.45) is 0 Å². The molecule has 0 saturated carbocycles. The van der Waals surface area contributed by atoms with Crippen molar-refractivity contribution in [1.82, 2.24) is 0 Å². The molecule has 0 heterocycles. The molecule has 0 spiro atoms. The minimum absolute atomic E-state index is 0.0110. The van der Waals surface area contributed by atoms with E-state index >= 15 is 0 Å². The maximum atomic E-state index is 13.3. The fourth-order valence-corrected chi connectivity index (χ4v) is 4.22. The van der Waals surface area contributed by atoms with Gasteiger partial charge in [0, 0.05) is 39.9 Å². The van der Waals surface area contributed by atoms with Crippen LogP contribution in [0.5, 0.6) is 17.2 Å². The van der Waals surface area contributed by atoms with Crippen LogP contribution in [0.4, 0.5) is 18.9 Å². The molecular formula is C27H22Cl2F3NO7. The van der Waals surface area contributed by atoms with Crippen molar-refractivity contribution in [1.29, 1.82) is 0 Å². The molecular weight excluding hydrogens is 578 g/mol. The average Bonchev–Trinajstić information content (AvgIpc) is 2.90. The van der Waals surface area contributed by atoms with Crippen molar-refractivity contribution in [2.45, 2.75) is 19.0 Å². The number of aliphatic hydroxyl groups excluding tert-OH is 1. The standard InChI is InChI=1S/C27H22Cl2F3NO7/c1-38-17-8-6-15(22(13-17)39-2)14-33(23(34)10-11-24(35)36)20-9-7-16(28)12-19(20)26(37)18-4-3-5-21(25(18)29)40-27(30,31)32/h3-13,26,37H,14H2,1-2H3,(H,35,36). The van der Waals surface area contributed by atoms with Crippen LogP contribution in [0.2, 0.25) is 10.0 Å². The second-order valence-electron chi connectivity index (χ2n) is 8.09. The summed E-state index contributed by atoms with van der Waals surface area (Å²) in [5.41, 5.74) is 0.368. The van der Waals surface area contributed by atoms with Crippen LogP contribution in [0.1, 0.15) is 22.8 Å². The third kappa shape index (κ3) is 7.59. The molecule has 0 aliphatic rings. The number of carbonyl (C=O) groups excluding carboxylic acids is 1. The number of aliphatic hydroxyl groups is 1. The highest BCUT2D eigenvalue weighted by molar-refractivity contribution is 6.33. The Labute approximate surface area is 236 Å². The number of benzene rings is 3. The quantitative estimate of drug-likeness (QED) is 0.269. The number of methoxy groups -OCH3 is 2. The van der Waals surface area contributed by atoms with Gasteiger partial charge in [0.25, 0.3) is 5.91 Å². The number of ether oxygens (including phenoxy) is 3. The monoisotopic (exact) mass is 599 g/mol. The molecule has 3 rings (SSSR count). The summed E-state index contributed by atoms with van der Waals surface area (Å²) in [7, 11) is 2.87. The highest BCUT2D eigenvalue weighted by Gasteiger charge is 2.33. The summed E-state index contributed by atoms with van der Waals surface area (Å²) in [4.78, 5) is 25.5. The summed E-state index contributed by atoms with van der Waals surface area (Å²) in [5.74, 6) is -2.09. The summed E-state index contributed by atoms with van der Waals surface area (Å²) in [6, 6.07) is 12.4. The van der Waals surface area contributed by atoms with E-state index in [4.69, 9.17) is 37.8 Å². The summed E-state index contributed by atoms with van der Waals surface area (Å²) in [6.07, 6.45) is -5.27. The maximum Gasteiger partial charge on any atom is 0.573 e. The van der Waals surface area contributed by atoms with Crippen LogP contribution in [0, 0.1) is 0 Å². The average molecular weight is 600 g/mol. The Bertz CT molecular complexity index is 1430. The highest BCUT2D eigenvalue weighted by atomic mass is 35.5. The SMILES string of the molecule is COc1ccc(CN(C(=O)C=CC(=O)O)c2ccc(Cl)cc2C(O)c2cccc(OC(F)(F)F)c2Cl)c(OC)c1. The molecule has 0 saturated heterocycles. The Balaban J connectivity index is 2.16. The molecule has 212 valence electrons. The van der Waals surface area contributed by atoms with Crippen molar-refractivity contribution in [2.75, 3.05) is 19.1 Å².